The molecule has 2 amide bonds. The van der Waals surface area contributed by atoms with E-state index in [0.29, 0.717) is 23.7 Å². The van der Waals surface area contributed by atoms with E-state index in [9.17, 15) is 9.59 Å². The molecule has 0 fully saturated rings. The first kappa shape index (κ1) is 23.5. The highest BCUT2D eigenvalue weighted by Crippen LogP contribution is 2.28. The van der Waals surface area contributed by atoms with Gasteiger partial charge in [-0.1, -0.05) is 18.1 Å². The number of hydrazone groups is 1. The third-order valence-corrected chi connectivity index (χ3v) is 4.44. The van der Waals surface area contributed by atoms with Crippen molar-refractivity contribution in [2.24, 2.45) is 5.10 Å². The van der Waals surface area contributed by atoms with Crippen LogP contribution in [0.15, 0.2) is 41.5 Å². The van der Waals surface area contributed by atoms with Crippen LogP contribution in [-0.2, 0) is 9.59 Å². The maximum atomic E-state index is 12.1. The molecule has 0 aromatic heterocycles. The number of anilines is 1. The number of benzene rings is 2. The Morgan fingerprint density at radius 2 is 1.87 bits per heavy atom. The van der Waals surface area contributed by atoms with E-state index in [4.69, 9.17) is 15.9 Å². The van der Waals surface area contributed by atoms with Crippen LogP contribution in [0.2, 0.25) is 0 Å². The van der Waals surface area contributed by atoms with E-state index in [-0.39, 0.29) is 31.3 Å². The van der Waals surface area contributed by atoms with Crippen molar-refractivity contribution in [3.8, 4) is 23.8 Å². The smallest absolute Gasteiger partial charge is 0.240 e. The Labute approximate surface area is 182 Å². The van der Waals surface area contributed by atoms with Gasteiger partial charge < -0.3 is 14.8 Å². The molecular formula is C24H27N3O4. The molecule has 2 rings (SSSR count). The molecule has 7 nitrogen and oxygen atoms in total. The summed E-state index contributed by atoms with van der Waals surface area (Å²) in [5, 5.41) is 6.77. The quantitative estimate of drug-likeness (QED) is 0.349. The van der Waals surface area contributed by atoms with E-state index in [2.05, 4.69) is 21.8 Å². The molecule has 2 aromatic rings. The van der Waals surface area contributed by atoms with Gasteiger partial charge in [0.15, 0.2) is 11.5 Å². The van der Waals surface area contributed by atoms with E-state index in [1.807, 2.05) is 39.0 Å². The first-order valence-corrected chi connectivity index (χ1v) is 9.95. The molecule has 2 N–H and O–H groups in total. The predicted octanol–water partition coefficient (Wildman–Crippen LogP) is 3.58. The monoisotopic (exact) mass is 421 g/mol. The number of carbonyl (C=O) groups is 2. The minimum absolute atomic E-state index is 0.0249. The lowest BCUT2D eigenvalue weighted by molar-refractivity contribution is -0.124. The van der Waals surface area contributed by atoms with Crippen LogP contribution in [0.3, 0.4) is 0 Å². The minimum Gasteiger partial charge on any atom is -0.490 e. The number of nitrogens with zero attached hydrogens (tertiary/aromatic N) is 1. The number of terminal acetylenes is 1. The first-order chi connectivity index (χ1) is 14.9. The highest BCUT2D eigenvalue weighted by Gasteiger charge is 2.09. The number of hydrogen-bond donors (Lipinski definition) is 2. The van der Waals surface area contributed by atoms with Gasteiger partial charge in [0.25, 0.3) is 0 Å². The van der Waals surface area contributed by atoms with Crippen LogP contribution in [0.1, 0.15) is 36.5 Å². The molecule has 0 bridgehead atoms. The maximum absolute atomic E-state index is 12.1. The second-order valence-electron chi connectivity index (χ2n) is 6.72. The Bertz CT molecular complexity index is 993. The van der Waals surface area contributed by atoms with Crippen LogP contribution >= 0.6 is 0 Å². The van der Waals surface area contributed by atoms with Gasteiger partial charge in [0.1, 0.15) is 6.61 Å². The molecule has 0 aliphatic heterocycles. The topological polar surface area (TPSA) is 89.0 Å². The summed E-state index contributed by atoms with van der Waals surface area (Å²) in [6.07, 6.45) is 6.79. The Kier molecular flexibility index (Phi) is 9.12. The fraction of sp³-hybridized carbons (Fsp3) is 0.292. The molecule has 0 heterocycles. The highest BCUT2D eigenvalue weighted by molar-refractivity contribution is 5.94. The molecule has 162 valence electrons. The van der Waals surface area contributed by atoms with Crippen LogP contribution in [0, 0.1) is 26.2 Å². The second kappa shape index (κ2) is 12.0. The summed E-state index contributed by atoms with van der Waals surface area (Å²) in [5.41, 5.74) is 5.99. The fourth-order valence-corrected chi connectivity index (χ4v) is 2.67. The predicted molar refractivity (Wildman–Crippen MR) is 121 cm³/mol. The summed E-state index contributed by atoms with van der Waals surface area (Å²) in [7, 11) is 0. The first-order valence-electron chi connectivity index (χ1n) is 9.95. The molecule has 0 unspecified atom stereocenters. The van der Waals surface area contributed by atoms with Crippen LogP contribution in [0.4, 0.5) is 5.69 Å². The number of nitrogens with one attached hydrogen (secondary N) is 2. The van der Waals surface area contributed by atoms with E-state index < -0.39 is 0 Å². The number of amides is 2. The number of hydrogen-bond acceptors (Lipinski definition) is 5. The normalized spacial score (nSPS) is 10.4. The molecule has 2 aromatic carbocycles. The summed E-state index contributed by atoms with van der Waals surface area (Å²) in [4.78, 5) is 24.1. The van der Waals surface area contributed by atoms with Crippen LogP contribution in [0.25, 0.3) is 0 Å². The lowest BCUT2D eigenvalue weighted by Crippen LogP contribution is -2.21. The summed E-state index contributed by atoms with van der Waals surface area (Å²) in [6, 6.07) is 10.9. The number of aryl methyl sites for hydroxylation is 1. The largest absolute Gasteiger partial charge is 0.490 e. The molecule has 0 spiro atoms. The van der Waals surface area contributed by atoms with Crippen molar-refractivity contribution in [3.05, 3.63) is 53.1 Å². The van der Waals surface area contributed by atoms with Gasteiger partial charge in [-0.15, -0.1) is 6.42 Å². The highest BCUT2D eigenvalue weighted by atomic mass is 16.5. The average Bonchev–Trinajstić information content (AvgIpc) is 2.75. The van der Waals surface area contributed by atoms with Crippen molar-refractivity contribution < 1.29 is 19.1 Å². The third-order valence-electron chi connectivity index (χ3n) is 4.44. The number of carbonyl (C=O) groups excluding carboxylic acids is 2. The van der Waals surface area contributed by atoms with Gasteiger partial charge in [0, 0.05) is 18.5 Å². The van der Waals surface area contributed by atoms with Gasteiger partial charge in [-0.05, 0) is 61.7 Å². The Morgan fingerprint density at radius 3 is 2.61 bits per heavy atom. The van der Waals surface area contributed by atoms with Crippen molar-refractivity contribution in [2.45, 2.75) is 33.6 Å². The van der Waals surface area contributed by atoms with E-state index in [1.165, 1.54) is 6.21 Å². The molecule has 31 heavy (non-hydrogen) atoms. The summed E-state index contributed by atoms with van der Waals surface area (Å²) in [5.74, 6) is 2.90. The van der Waals surface area contributed by atoms with Crippen LogP contribution in [0.5, 0.6) is 11.5 Å². The van der Waals surface area contributed by atoms with Crippen molar-refractivity contribution >= 4 is 23.7 Å². The van der Waals surface area contributed by atoms with Gasteiger partial charge in [0.05, 0.1) is 12.8 Å². The molecule has 0 saturated carbocycles. The fourth-order valence-electron chi connectivity index (χ4n) is 2.67. The maximum Gasteiger partial charge on any atom is 0.240 e. The zero-order valence-electron chi connectivity index (χ0n) is 18.0. The van der Waals surface area contributed by atoms with Crippen molar-refractivity contribution in [2.75, 3.05) is 18.5 Å². The molecule has 0 saturated heterocycles. The Balaban J connectivity index is 1.85. The van der Waals surface area contributed by atoms with Gasteiger partial charge in [0.2, 0.25) is 11.8 Å². The molecule has 7 heteroatoms. The van der Waals surface area contributed by atoms with Gasteiger partial charge in [-0.3, -0.25) is 9.59 Å². The second-order valence-corrected chi connectivity index (χ2v) is 6.72. The average molecular weight is 421 g/mol. The zero-order valence-corrected chi connectivity index (χ0v) is 18.0. The number of ether oxygens (including phenoxy) is 2. The van der Waals surface area contributed by atoms with Crippen molar-refractivity contribution in [1.29, 1.82) is 0 Å². The molecule has 0 aliphatic carbocycles. The lowest BCUT2D eigenvalue weighted by atomic mass is 10.1. The SMILES string of the molecule is C#CCOc1ccc(C=NNC(=O)CCC(=O)Nc2cccc(C)c2C)cc1OCC. The number of rotatable bonds is 10. The van der Waals surface area contributed by atoms with Crippen LogP contribution < -0.4 is 20.2 Å². The van der Waals surface area contributed by atoms with Gasteiger partial charge in [-0.25, -0.2) is 5.43 Å². The third kappa shape index (κ3) is 7.52. The Morgan fingerprint density at radius 1 is 1.10 bits per heavy atom. The molecule has 0 radical (unpaired) electrons. The van der Waals surface area contributed by atoms with E-state index in [1.54, 1.807) is 18.2 Å². The lowest BCUT2D eigenvalue weighted by Gasteiger charge is -2.10. The minimum atomic E-state index is -0.355. The molecule has 0 atom stereocenters. The van der Waals surface area contributed by atoms with Gasteiger partial charge >= 0.3 is 0 Å². The zero-order chi connectivity index (χ0) is 22.6. The standard InChI is InChI=1S/C24H27N3O4/c1-5-14-31-21-11-10-19(15-22(21)30-6-2)16-25-27-24(29)13-12-23(28)26-20-9-7-8-17(3)18(20)4/h1,7-11,15-16H,6,12-14H2,2-4H3,(H,26,28)(H,27,29). The summed E-state index contributed by atoms with van der Waals surface area (Å²) < 4.78 is 11.0. The Hall–Kier alpha value is -3.79. The van der Waals surface area contributed by atoms with Crippen molar-refractivity contribution in [3.63, 3.8) is 0 Å². The van der Waals surface area contributed by atoms with E-state index in [0.717, 1.165) is 16.8 Å². The summed E-state index contributed by atoms with van der Waals surface area (Å²) in [6.45, 7) is 6.39. The molecule has 0 aliphatic rings. The van der Waals surface area contributed by atoms with Crippen molar-refractivity contribution in [1.82, 2.24) is 5.43 Å². The molecular weight excluding hydrogens is 394 g/mol. The van der Waals surface area contributed by atoms with Crippen LogP contribution in [-0.4, -0.2) is 31.2 Å². The van der Waals surface area contributed by atoms with E-state index >= 15 is 0 Å². The van der Waals surface area contributed by atoms with Gasteiger partial charge in [-0.2, -0.15) is 5.10 Å². The summed E-state index contributed by atoms with van der Waals surface area (Å²) >= 11 is 0.